The first kappa shape index (κ1) is 51.0. The number of carbonyl (C=O) groups excluding carboxylic acids is 1. The molecule has 0 atom stereocenters. The number of unbranched alkanes of at least 4 members (excludes halogenated alkanes) is 4. The Morgan fingerprint density at radius 3 is 0.808 bits per heavy atom. The van der Waals surface area contributed by atoms with Crippen LogP contribution in [0.3, 0.4) is 0 Å². The summed E-state index contributed by atoms with van der Waals surface area (Å²) < 4.78 is 76.2. The molecular formula is C37H74O15. The third-order valence-corrected chi connectivity index (χ3v) is 6.50. The molecule has 0 saturated carbocycles. The average Bonchev–Trinajstić information content (AvgIpc) is 3.11. The van der Waals surface area contributed by atoms with E-state index in [1.807, 2.05) is 20.8 Å². The van der Waals surface area contributed by atoms with Gasteiger partial charge in [0.2, 0.25) is 0 Å². The van der Waals surface area contributed by atoms with Crippen molar-refractivity contribution < 1.29 is 71.1 Å². The van der Waals surface area contributed by atoms with Gasteiger partial charge in [0.15, 0.2) is 0 Å². The second-order valence-electron chi connectivity index (χ2n) is 12.4. The molecule has 0 radical (unpaired) electrons. The Morgan fingerprint density at radius 1 is 0.327 bits per heavy atom. The Morgan fingerprint density at radius 2 is 0.558 bits per heavy atom. The van der Waals surface area contributed by atoms with Crippen LogP contribution in [0, 0.1) is 0 Å². The fourth-order valence-corrected chi connectivity index (χ4v) is 3.97. The summed E-state index contributed by atoms with van der Waals surface area (Å²) in [5.74, 6) is -0.387. The first-order valence-electron chi connectivity index (χ1n) is 19.2. The van der Waals surface area contributed by atoms with Gasteiger partial charge >= 0.3 is 5.97 Å². The van der Waals surface area contributed by atoms with Crippen molar-refractivity contribution >= 4 is 5.97 Å². The molecule has 312 valence electrons. The van der Waals surface area contributed by atoms with Gasteiger partial charge in [-0.25, -0.2) is 4.79 Å². The number of hydrogen-bond acceptors (Lipinski definition) is 15. The molecule has 0 fully saturated rings. The van der Waals surface area contributed by atoms with Crippen LogP contribution in [0.25, 0.3) is 0 Å². The van der Waals surface area contributed by atoms with Gasteiger partial charge < -0.3 is 66.3 Å². The molecule has 15 heteroatoms. The normalized spacial score (nSPS) is 11.8. The van der Waals surface area contributed by atoms with E-state index in [1.54, 1.807) is 0 Å². The molecule has 0 spiro atoms. The Bertz CT molecular complexity index is 697. The first-order valence-corrected chi connectivity index (χ1v) is 19.2. The van der Waals surface area contributed by atoms with E-state index in [2.05, 4.69) is 6.92 Å². The van der Waals surface area contributed by atoms with Crippen molar-refractivity contribution in [2.75, 3.05) is 172 Å². The summed E-state index contributed by atoms with van der Waals surface area (Å²) >= 11 is 0. The molecule has 0 bridgehead atoms. The average molecular weight is 759 g/mol. The van der Waals surface area contributed by atoms with Crippen LogP contribution in [0.4, 0.5) is 0 Å². The highest BCUT2D eigenvalue weighted by atomic mass is 16.6. The fourth-order valence-electron chi connectivity index (χ4n) is 3.97. The summed E-state index contributed by atoms with van der Waals surface area (Å²) in [4.78, 5) is 11.5. The Kier molecular flexibility index (Phi) is 41.8. The van der Waals surface area contributed by atoms with Crippen molar-refractivity contribution in [1.82, 2.24) is 0 Å². The summed E-state index contributed by atoms with van der Waals surface area (Å²) in [7, 11) is 0. The molecule has 0 heterocycles. The quantitative estimate of drug-likeness (QED) is 0.0659. The largest absolute Gasteiger partial charge is 0.458 e. The highest BCUT2D eigenvalue weighted by Crippen LogP contribution is 2.06. The van der Waals surface area contributed by atoms with E-state index in [4.69, 9.17) is 66.3 Å². The van der Waals surface area contributed by atoms with E-state index >= 15 is 0 Å². The number of hydrogen-bond donors (Lipinski definition) is 0. The predicted molar refractivity (Wildman–Crippen MR) is 195 cm³/mol. The van der Waals surface area contributed by atoms with E-state index in [1.165, 1.54) is 25.7 Å². The monoisotopic (exact) mass is 759 g/mol. The molecule has 0 N–H and O–H groups in total. The number of carbonyl (C=O) groups is 1. The summed E-state index contributed by atoms with van der Waals surface area (Å²) in [6.45, 7) is 20.4. The predicted octanol–water partition coefficient (Wildman–Crippen LogP) is 3.51. The van der Waals surface area contributed by atoms with Crippen LogP contribution >= 0.6 is 0 Å². The molecule has 0 aliphatic heterocycles. The molecule has 0 rings (SSSR count). The van der Waals surface area contributed by atoms with E-state index in [0.717, 1.165) is 13.0 Å². The maximum absolute atomic E-state index is 11.5. The van der Waals surface area contributed by atoms with Crippen molar-refractivity contribution in [2.45, 2.75) is 65.4 Å². The summed E-state index contributed by atoms with van der Waals surface area (Å²) in [5, 5.41) is 0. The van der Waals surface area contributed by atoms with E-state index < -0.39 is 5.60 Å². The number of ether oxygens (including phenoxy) is 14. The third-order valence-electron chi connectivity index (χ3n) is 6.50. The van der Waals surface area contributed by atoms with Crippen molar-refractivity contribution in [1.29, 1.82) is 0 Å². The van der Waals surface area contributed by atoms with Gasteiger partial charge in [-0.05, 0) is 27.2 Å². The maximum atomic E-state index is 11.5. The Hall–Kier alpha value is -1.05. The minimum atomic E-state index is -0.512. The van der Waals surface area contributed by atoms with E-state index in [-0.39, 0.29) is 12.6 Å². The molecule has 0 unspecified atom stereocenters. The summed E-state index contributed by atoms with van der Waals surface area (Å²) in [5.41, 5.74) is -0.512. The molecular weight excluding hydrogens is 684 g/mol. The molecule has 0 saturated heterocycles. The number of esters is 1. The first-order chi connectivity index (χ1) is 25.5. The van der Waals surface area contributed by atoms with Crippen LogP contribution in [0.15, 0.2) is 0 Å². The van der Waals surface area contributed by atoms with Gasteiger partial charge in [-0.1, -0.05) is 32.6 Å². The van der Waals surface area contributed by atoms with Crippen molar-refractivity contribution in [3.8, 4) is 0 Å². The van der Waals surface area contributed by atoms with Gasteiger partial charge in [0, 0.05) is 6.61 Å². The topological polar surface area (TPSA) is 146 Å². The Balaban J connectivity index is 3.09. The third kappa shape index (κ3) is 47.0. The van der Waals surface area contributed by atoms with Crippen LogP contribution in [-0.4, -0.2) is 183 Å². The van der Waals surface area contributed by atoms with Gasteiger partial charge in [0.1, 0.15) is 12.2 Å². The van der Waals surface area contributed by atoms with Crippen LogP contribution in [0.5, 0.6) is 0 Å². The maximum Gasteiger partial charge on any atom is 0.332 e. The van der Waals surface area contributed by atoms with Crippen molar-refractivity contribution in [3.05, 3.63) is 0 Å². The van der Waals surface area contributed by atoms with E-state index in [0.29, 0.717) is 159 Å². The summed E-state index contributed by atoms with van der Waals surface area (Å²) in [6.07, 6.45) is 6.26. The smallest absolute Gasteiger partial charge is 0.332 e. The molecule has 0 aliphatic rings. The van der Waals surface area contributed by atoms with Gasteiger partial charge in [-0.15, -0.1) is 0 Å². The van der Waals surface area contributed by atoms with Crippen LogP contribution in [0.1, 0.15) is 59.8 Å². The zero-order valence-electron chi connectivity index (χ0n) is 33.0. The standard InChI is InChI=1S/C37H74O15/c1-5-6-7-8-9-10-39-11-12-40-13-14-41-15-16-42-17-18-43-19-20-44-21-22-45-23-24-46-25-26-47-27-28-48-29-30-49-31-32-50-33-34-51-35-36(38)52-37(2,3)4/h5-35H2,1-4H3. The lowest BCUT2D eigenvalue weighted by Crippen LogP contribution is -2.27. The van der Waals surface area contributed by atoms with Gasteiger partial charge in [-0.2, -0.15) is 0 Å². The molecule has 15 nitrogen and oxygen atoms in total. The van der Waals surface area contributed by atoms with Gasteiger partial charge in [0.05, 0.1) is 159 Å². The summed E-state index contributed by atoms with van der Waals surface area (Å²) in [6, 6.07) is 0. The highest BCUT2D eigenvalue weighted by Gasteiger charge is 2.15. The minimum Gasteiger partial charge on any atom is -0.458 e. The van der Waals surface area contributed by atoms with Crippen molar-refractivity contribution in [3.63, 3.8) is 0 Å². The van der Waals surface area contributed by atoms with Crippen molar-refractivity contribution in [2.24, 2.45) is 0 Å². The molecule has 0 aromatic rings. The second kappa shape index (κ2) is 42.7. The van der Waals surface area contributed by atoms with Gasteiger partial charge in [0.25, 0.3) is 0 Å². The van der Waals surface area contributed by atoms with Crippen LogP contribution in [0.2, 0.25) is 0 Å². The molecule has 0 aliphatic carbocycles. The SMILES string of the molecule is CCCCCCCOCCOCCOCCOCCOCCOCCOCCOCCOCCOCCOCCOCCOCC(=O)OC(C)(C)C. The molecule has 0 aromatic heterocycles. The lowest BCUT2D eigenvalue weighted by atomic mass is 10.2. The highest BCUT2D eigenvalue weighted by molar-refractivity contribution is 5.71. The second-order valence-corrected chi connectivity index (χ2v) is 12.4. The minimum absolute atomic E-state index is 0.0836. The molecule has 0 amide bonds. The molecule has 0 aromatic carbocycles. The van der Waals surface area contributed by atoms with Crippen LogP contribution in [-0.2, 0) is 71.1 Å². The van der Waals surface area contributed by atoms with Crippen LogP contribution < -0.4 is 0 Å². The zero-order chi connectivity index (χ0) is 37.9. The fraction of sp³-hybridized carbons (Fsp3) is 0.973. The lowest BCUT2D eigenvalue weighted by Gasteiger charge is -2.19. The van der Waals surface area contributed by atoms with E-state index in [9.17, 15) is 4.79 Å². The number of rotatable bonds is 44. The Labute approximate surface area is 314 Å². The zero-order valence-corrected chi connectivity index (χ0v) is 33.0. The molecule has 52 heavy (non-hydrogen) atoms. The van der Waals surface area contributed by atoms with Gasteiger partial charge in [-0.3, -0.25) is 0 Å². The lowest BCUT2D eigenvalue weighted by molar-refractivity contribution is -0.160.